The van der Waals surface area contributed by atoms with Gasteiger partial charge < -0.3 is 9.47 Å². The van der Waals surface area contributed by atoms with Crippen LogP contribution in [0, 0.1) is 10.1 Å². The Morgan fingerprint density at radius 3 is 2.67 bits per heavy atom. The number of hydrogen-bond acceptors (Lipinski definition) is 6. The SMILES string of the molecule is CCOC(=O)CCC(=O)COc1ccc(Cl)cc1[N+](=O)[O-]. The lowest BCUT2D eigenvalue weighted by Crippen LogP contribution is -2.14. The molecule has 0 radical (unpaired) electrons. The first kappa shape index (κ1) is 16.9. The van der Waals surface area contributed by atoms with Gasteiger partial charge in [0, 0.05) is 17.5 Å². The van der Waals surface area contributed by atoms with Crippen molar-refractivity contribution in [2.45, 2.75) is 19.8 Å². The summed E-state index contributed by atoms with van der Waals surface area (Å²) in [6, 6.07) is 3.88. The van der Waals surface area contributed by atoms with E-state index in [0.717, 1.165) is 6.07 Å². The fourth-order valence-corrected chi connectivity index (χ4v) is 1.63. The minimum atomic E-state index is -0.649. The standard InChI is InChI=1S/C13H14ClNO6/c1-2-20-13(17)6-4-10(16)8-21-12-5-3-9(14)7-11(12)15(18)19/h3,5,7H,2,4,6,8H2,1H3. The number of benzene rings is 1. The third kappa shape index (κ3) is 5.78. The maximum Gasteiger partial charge on any atom is 0.312 e. The van der Waals surface area contributed by atoms with Crippen molar-refractivity contribution in [3.05, 3.63) is 33.3 Å². The molecule has 0 aromatic heterocycles. The number of ether oxygens (including phenoxy) is 2. The van der Waals surface area contributed by atoms with Gasteiger partial charge in [0.15, 0.2) is 11.5 Å². The lowest BCUT2D eigenvalue weighted by Gasteiger charge is -2.06. The van der Waals surface area contributed by atoms with E-state index in [2.05, 4.69) is 4.74 Å². The topological polar surface area (TPSA) is 95.7 Å². The highest BCUT2D eigenvalue weighted by atomic mass is 35.5. The Kier molecular flexibility index (Phi) is 6.61. The van der Waals surface area contributed by atoms with Crippen LogP contribution in [-0.2, 0) is 14.3 Å². The summed E-state index contributed by atoms with van der Waals surface area (Å²) in [6.07, 6.45) is -0.0844. The van der Waals surface area contributed by atoms with Crippen LogP contribution in [0.25, 0.3) is 0 Å². The van der Waals surface area contributed by atoms with E-state index in [1.807, 2.05) is 0 Å². The molecule has 1 aromatic carbocycles. The number of halogens is 1. The number of nitro groups is 1. The van der Waals surface area contributed by atoms with Crippen LogP contribution >= 0.6 is 11.6 Å². The molecule has 0 atom stereocenters. The second-order valence-corrected chi connectivity index (χ2v) is 4.44. The second kappa shape index (κ2) is 8.21. The van der Waals surface area contributed by atoms with Crippen LogP contribution in [-0.4, -0.2) is 29.9 Å². The molecular weight excluding hydrogens is 302 g/mol. The number of nitrogens with zero attached hydrogens (tertiary/aromatic N) is 1. The number of carbonyl (C=O) groups is 2. The normalized spacial score (nSPS) is 10.0. The van der Waals surface area contributed by atoms with Crippen LogP contribution in [0.15, 0.2) is 18.2 Å². The number of nitro benzene ring substituents is 1. The Hall–Kier alpha value is -2.15. The predicted molar refractivity (Wildman–Crippen MR) is 74.5 cm³/mol. The zero-order valence-corrected chi connectivity index (χ0v) is 12.1. The lowest BCUT2D eigenvalue weighted by molar-refractivity contribution is -0.385. The van der Waals surface area contributed by atoms with Crippen LogP contribution in [0.1, 0.15) is 19.8 Å². The first-order chi connectivity index (χ1) is 9.93. The van der Waals surface area contributed by atoms with Crippen molar-refractivity contribution >= 4 is 29.0 Å². The smallest absolute Gasteiger partial charge is 0.312 e. The molecule has 1 rings (SSSR count). The molecule has 0 unspecified atom stereocenters. The Labute approximate surface area is 125 Å². The van der Waals surface area contributed by atoms with Gasteiger partial charge in [0.2, 0.25) is 0 Å². The van der Waals surface area contributed by atoms with Crippen LogP contribution < -0.4 is 4.74 Å². The highest BCUT2D eigenvalue weighted by Crippen LogP contribution is 2.29. The molecule has 1 aromatic rings. The molecule has 0 N–H and O–H groups in total. The summed E-state index contributed by atoms with van der Waals surface area (Å²) >= 11 is 5.66. The molecule has 0 bridgehead atoms. The van der Waals surface area contributed by atoms with Crippen molar-refractivity contribution in [3.8, 4) is 5.75 Å². The summed E-state index contributed by atoms with van der Waals surface area (Å²) in [7, 11) is 0. The van der Waals surface area contributed by atoms with Crippen LogP contribution in [0.2, 0.25) is 5.02 Å². The van der Waals surface area contributed by atoms with E-state index < -0.39 is 10.9 Å². The van der Waals surface area contributed by atoms with Gasteiger partial charge >= 0.3 is 11.7 Å². The number of carbonyl (C=O) groups excluding carboxylic acids is 2. The van der Waals surface area contributed by atoms with Gasteiger partial charge in [-0.05, 0) is 19.1 Å². The molecule has 0 saturated carbocycles. The second-order valence-electron chi connectivity index (χ2n) is 4.00. The van der Waals surface area contributed by atoms with E-state index >= 15 is 0 Å². The van der Waals surface area contributed by atoms with E-state index in [1.165, 1.54) is 12.1 Å². The number of rotatable bonds is 8. The summed E-state index contributed by atoms with van der Waals surface area (Å²) in [6.45, 7) is 1.56. The van der Waals surface area contributed by atoms with Crippen molar-refractivity contribution in [2.75, 3.05) is 13.2 Å². The minimum Gasteiger partial charge on any atom is -0.479 e. The van der Waals surface area contributed by atoms with Crippen LogP contribution in [0.4, 0.5) is 5.69 Å². The quantitative estimate of drug-likeness (QED) is 0.415. The van der Waals surface area contributed by atoms with Gasteiger partial charge in [-0.25, -0.2) is 0 Å². The number of esters is 1. The van der Waals surface area contributed by atoms with Gasteiger partial charge in [0.1, 0.15) is 6.61 Å². The van der Waals surface area contributed by atoms with Crippen LogP contribution in [0.3, 0.4) is 0 Å². The monoisotopic (exact) mass is 315 g/mol. The Bertz CT molecular complexity index is 545. The fraction of sp³-hybridized carbons (Fsp3) is 0.385. The summed E-state index contributed by atoms with van der Waals surface area (Å²) < 4.78 is 9.79. The first-order valence-electron chi connectivity index (χ1n) is 6.18. The number of Topliss-reactive ketones (excluding diaryl/α,β-unsaturated/α-hetero) is 1. The molecule has 0 aliphatic rings. The summed E-state index contributed by atoms with van der Waals surface area (Å²) in [5, 5.41) is 11.0. The van der Waals surface area contributed by atoms with E-state index in [-0.39, 0.29) is 48.3 Å². The first-order valence-corrected chi connectivity index (χ1v) is 6.56. The third-order valence-electron chi connectivity index (χ3n) is 2.42. The number of hydrogen-bond donors (Lipinski definition) is 0. The third-order valence-corrected chi connectivity index (χ3v) is 2.65. The molecule has 0 aliphatic carbocycles. The summed E-state index contributed by atoms with van der Waals surface area (Å²) in [5.74, 6) is -0.871. The van der Waals surface area contributed by atoms with Crippen molar-refractivity contribution in [3.63, 3.8) is 0 Å². The molecule has 21 heavy (non-hydrogen) atoms. The average molecular weight is 316 g/mol. The maximum atomic E-state index is 11.5. The van der Waals surface area contributed by atoms with Gasteiger partial charge in [-0.15, -0.1) is 0 Å². The van der Waals surface area contributed by atoms with Crippen molar-refractivity contribution in [1.29, 1.82) is 0 Å². The molecule has 0 spiro atoms. The maximum absolute atomic E-state index is 11.5. The summed E-state index contributed by atoms with van der Waals surface area (Å²) in [5.41, 5.74) is -0.319. The largest absolute Gasteiger partial charge is 0.479 e. The van der Waals surface area contributed by atoms with Gasteiger partial charge in [-0.2, -0.15) is 0 Å². The molecule has 7 nitrogen and oxygen atoms in total. The Morgan fingerprint density at radius 1 is 1.33 bits per heavy atom. The van der Waals surface area contributed by atoms with Gasteiger partial charge in [0.05, 0.1) is 18.0 Å². The predicted octanol–water partition coefficient (Wildman–Crippen LogP) is 2.54. The molecule has 0 heterocycles. The van der Waals surface area contributed by atoms with Gasteiger partial charge in [0.25, 0.3) is 0 Å². The molecule has 8 heteroatoms. The lowest BCUT2D eigenvalue weighted by atomic mass is 10.2. The fourth-order valence-electron chi connectivity index (χ4n) is 1.46. The highest BCUT2D eigenvalue weighted by molar-refractivity contribution is 6.30. The van der Waals surface area contributed by atoms with Crippen molar-refractivity contribution in [2.24, 2.45) is 0 Å². The zero-order valence-electron chi connectivity index (χ0n) is 11.3. The van der Waals surface area contributed by atoms with Crippen molar-refractivity contribution < 1.29 is 24.0 Å². The van der Waals surface area contributed by atoms with E-state index in [9.17, 15) is 19.7 Å². The van der Waals surface area contributed by atoms with Crippen LogP contribution in [0.5, 0.6) is 5.75 Å². The van der Waals surface area contributed by atoms with Gasteiger partial charge in [-0.1, -0.05) is 11.6 Å². The molecule has 0 amide bonds. The molecule has 0 fully saturated rings. The van der Waals surface area contributed by atoms with E-state index in [1.54, 1.807) is 6.92 Å². The Balaban J connectivity index is 2.53. The molecule has 0 aliphatic heterocycles. The van der Waals surface area contributed by atoms with E-state index in [0.29, 0.717) is 0 Å². The van der Waals surface area contributed by atoms with Gasteiger partial charge in [-0.3, -0.25) is 19.7 Å². The average Bonchev–Trinajstić information content (AvgIpc) is 2.44. The molecule has 114 valence electrons. The van der Waals surface area contributed by atoms with E-state index in [4.69, 9.17) is 16.3 Å². The molecular formula is C13H14ClNO6. The number of ketones is 1. The zero-order chi connectivity index (χ0) is 15.8. The molecule has 0 saturated heterocycles. The Morgan fingerprint density at radius 2 is 2.05 bits per heavy atom. The highest BCUT2D eigenvalue weighted by Gasteiger charge is 2.17. The summed E-state index contributed by atoms with van der Waals surface area (Å²) in [4.78, 5) is 32.8. The van der Waals surface area contributed by atoms with Crippen molar-refractivity contribution in [1.82, 2.24) is 0 Å². The minimum absolute atomic E-state index is 0.0414.